The van der Waals surface area contributed by atoms with E-state index in [1.54, 1.807) is 0 Å². The standard InChI is InChI=1S/C13H16BrN3/c1-9(2)8-17(3)12-4-5-15-11-6-10(14)7-16-13(11)12/h4-7,9H,8H2,1-3H3. The number of halogens is 1. The Labute approximate surface area is 110 Å². The molecule has 2 aromatic rings. The van der Waals surface area contributed by atoms with Crippen LogP contribution in [0.4, 0.5) is 5.69 Å². The predicted octanol–water partition coefficient (Wildman–Crippen LogP) is 3.48. The van der Waals surface area contributed by atoms with Crippen LogP contribution in [0.1, 0.15) is 13.8 Å². The van der Waals surface area contributed by atoms with Crippen LogP contribution in [0.25, 0.3) is 11.0 Å². The van der Waals surface area contributed by atoms with E-state index < -0.39 is 0 Å². The van der Waals surface area contributed by atoms with Crippen LogP contribution in [0.3, 0.4) is 0 Å². The lowest BCUT2D eigenvalue weighted by atomic mass is 10.2. The van der Waals surface area contributed by atoms with Crippen molar-refractivity contribution in [3.05, 3.63) is 29.0 Å². The fraction of sp³-hybridized carbons (Fsp3) is 0.385. The molecule has 0 N–H and O–H groups in total. The summed E-state index contributed by atoms with van der Waals surface area (Å²) in [6, 6.07) is 4.01. The third-order valence-electron chi connectivity index (χ3n) is 2.57. The minimum absolute atomic E-state index is 0.624. The van der Waals surface area contributed by atoms with E-state index in [9.17, 15) is 0 Å². The molecular weight excluding hydrogens is 278 g/mol. The summed E-state index contributed by atoms with van der Waals surface area (Å²) in [4.78, 5) is 11.0. The first-order valence-corrected chi connectivity index (χ1v) is 6.48. The highest BCUT2D eigenvalue weighted by Crippen LogP contribution is 2.24. The van der Waals surface area contributed by atoms with Crippen molar-refractivity contribution in [2.75, 3.05) is 18.5 Å². The summed E-state index contributed by atoms with van der Waals surface area (Å²) in [7, 11) is 2.10. The summed E-state index contributed by atoms with van der Waals surface area (Å²) in [5, 5.41) is 0. The van der Waals surface area contributed by atoms with Crippen molar-refractivity contribution in [1.29, 1.82) is 0 Å². The monoisotopic (exact) mass is 293 g/mol. The van der Waals surface area contributed by atoms with Gasteiger partial charge in [-0.15, -0.1) is 0 Å². The van der Waals surface area contributed by atoms with Gasteiger partial charge in [0, 0.05) is 30.5 Å². The second kappa shape index (κ2) is 5.00. The van der Waals surface area contributed by atoms with Crippen LogP contribution in [0.15, 0.2) is 29.0 Å². The van der Waals surface area contributed by atoms with Crippen molar-refractivity contribution in [2.24, 2.45) is 5.92 Å². The highest BCUT2D eigenvalue weighted by molar-refractivity contribution is 9.10. The van der Waals surface area contributed by atoms with Crippen molar-refractivity contribution >= 4 is 32.7 Å². The Morgan fingerprint density at radius 1 is 1.35 bits per heavy atom. The molecule has 0 unspecified atom stereocenters. The molecule has 0 atom stereocenters. The molecule has 0 saturated heterocycles. The molecule has 0 radical (unpaired) electrons. The van der Waals surface area contributed by atoms with Gasteiger partial charge in [0.2, 0.25) is 0 Å². The van der Waals surface area contributed by atoms with E-state index in [2.05, 4.69) is 51.7 Å². The van der Waals surface area contributed by atoms with E-state index in [0.29, 0.717) is 5.92 Å². The lowest BCUT2D eigenvalue weighted by Crippen LogP contribution is -2.22. The van der Waals surface area contributed by atoms with E-state index in [1.165, 1.54) is 0 Å². The van der Waals surface area contributed by atoms with Crippen molar-refractivity contribution in [1.82, 2.24) is 9.97 Å². The number of nitrogens with zero attached hydrogens (tertiary/aromatic N) is 3. The number of pyridine rings is 2. The summed E-state index contributed by atoms with van der Waals surface area (Å²) in [5.74, 6) is 0.624. The normalized spacial score (nSPS) is 11.1. The van der Waals surface area contributed by atoms with E-state index >= 15 is 0 Å². The van der Waals surface area contributed by atoms with Gasteiger partial charge < -0.3 is 4.90 Å². The number of anilines is 1. The van der Waals surface area contributed by atoms with Crippen LogP contribution in [0.5, 0.6) is 0 Å². The zero-order chi connectivity index (χ0) is 12.4. The quantitative estimate of drug-likeness (QED) is 0.867. The SMILES string of the molecule is CC(C)CN(C)c1ccnc2cc(Br)cnc12. The Hall–Kier alpha value is -1.16. The Morgan fingerprint density at radius 2 is 2.12 bits per heavy atom. The van der Waals surface area contributed by atoms with E-state index in [1.807, 2.05) is 24.5 Å². The highest BCUT2D eigenvalue weighted by Gasteiger charge is 2.09. The average Bonchev–Trinajstić information content (AvgIpc) is 2.26. The van der Waals surface area contributed by atoms with E-state index in [4.69, 9.17) is 0 Å². The maximum atomic E-state index is 4.46. The molecule has 0 aliphatic heterocycles. The smallest absolute Gasteiger partial charge is 0.112 e. The van der Waals surface area contributed by atoms with Crippen LogP contribution in [-0.2, 0) is 0 Å². The summed E-state index contributed by atoms with van der Waals surface area (Å²) in [6.45, 7) is 5.44. The Balaban J connectivity index is 2.47. The zero-order valence-electron chi connectivity index (χ0n) is 10.3. The van der Waals surface area contributed by atoms with Crippen LogP contribution in [0, 0.1) is 5.92 Å². The summed E-state index contributed by atoms with van der Waals surface area (Å²) < 4.78 is 0.959. The van der Waals surface area contributed by atoms with Gasteiger partial charge in [-0.1, -0.05) is 13.8 Å². The van der Waals surface area contributed by atoms with Crippen molar-refractivity contribution in [3.63, 3.8) is 0 Å². The van der Waals surface area contributed by atoms with Gasteiger partial charge >= 0.3 is 0 Å². The molecule has 90 valence electrons. The average molecular weight is 294 g/mol. The first-order chi connectivity index (χ1) is 8.08. The lowest BCUT2D eigenvalue weighted by Gasteiger charge is -2.22. The number of hydrogen-bond donors (Lipinski definition) is 0. The molecule has 2 heterocycles. The summed E-state index contributed by atoms with van der Waals surface area (Å²) in [5.41, 5.74) is 3.02. The number of aromatic nitrogens is 2. The van der Waals surface area contributed by atoms with Gasteiger partial charge in [-0.25, -0.2) is 0 Å². The fourth-order valence-electron chi connectivity index (χ4n) is 1.95. The largest absolute Gasteiger partial charge is 0.372 e. The molecule has 4 heteroatoms. The van der Waals surface area contributed by atoms with E-state index in [-0.39, 0.29) is 0 Å². The van der Waals surface area contributed by atoms with Crippen LogP contribution < -0.4 is 4.90 Å². The molecule has 2 rings (SSSR count). The summed E-state index contributed by atoms with van der Waals surface area (Å²) in [6.07, 6.45) is 3.65. The van der Waals surface area contributed by atoms with Crippen molar-refractivity contribution in [2.45, 2.75) is 13.8 Å². The number of rotatable bonds is 3. The fourth-order valence-corrected chi connectivity index (χ4v) is 2.26. The predicted molar refractivity (Wildman–Crippen MR) is 75.3 cm³/mol. The van der Waals surface area contributed by atoms with Crippen molar-refractivity contribution in [3.8, 4) is 0 Å². The Kier molecular flexibility index (Phi) is 3.62. The van der Waals surface area contributed by atoms with Gasteiger partial charge in [0.05, 0.1) is 11.2 Å². The molecule has 0 saturated carbocycles. The van der Waals surface area contributed by atoms with E-state index in [0.717, 1.165) is 27.7 Å². The number of hydrogen-bond acceptors (Lipinski definition) is 3. The molecule has 0 aliphatic carbocycles. The topological polar surface area (TPSA) is 29.0 Å². The number of fused-ring (bicyclic) bond motifs is 1. The van der Waals surface area contributed by atoms with Crippen LogP contribution in [0.2, 0.25) is 0 Å². The minimum atomic E-state index is 0.624. The third kappa shape index (κ3) is 2.75. The Morgan fingerprint density at radius 3 is 2.82 bits per heavy atom. The molecular formula is C13H16BrN3. The first kappa shape index (κ1) is 12.3. The third-order valence-corrected chi connectivity index (χ3v) is 3.01. The lowest BCUT2D eigenvalue weighted by molar-refractivity contribution is 0.639. The zero-order valence-corrected chi connectivity index (χ0v) is 11.9. The molecule has 3 nitrogen and oxygen atoms in total. The molecule has 17 heavy (non-hydrogen) atoms. The molecule has 0 fully saturated rings. The molecule has 0 aliphatic rings. The maximum Gasteiger partial charge on any atom is 0.112 e. The highest BCUT2D eigenvalue weighted by atomic mass is 79.9. The van der Waals surface area contributed by atoms with Gasteiger partial charge in [0.15, 0.2) is 0 Å². The minimum Gasteiger partial charge on any atom is -0.372 e. The molecule has 2 aromatic heterocycles. The first-order valence-electron chi connectivity index (χ1n) is 5.69. The summed E-state index contributed by atoms with van der Waals surface area (Å²) >= 11 is 3.42. The second-order valence-electron chi connectivity index (χ2n) is 4.63. The van der Waals surface area contributed by atoms with Gasteiger partial charge in [-0.2, -0.15) is 0 Å². The van der Waals surface area contributed by atoms with Gasteiger partial charge in [0.1, 0.15) is 5.52 Å². The maximum absolute atomic E-state index is 4.46. The molecule has 0 aromatic carbocycles. The van der Waals surface area contributed by atoms with Gasteiger partial charge in [-0.3, -0.25) is 9.97 Å². The molecule has 0 amide bonds. The van der Waals surface area contributed by atoms with Gasteiger partial charge in [-0.05, 0) is 34.0 Å². The van der Waals surface area contributed by atoms with Gasteiger partial charge in [0.25, 0.3) is 0 Å². The van der Waals surface area contributed by atoms with Crippen molar-refractivity contribution < 1.29 is 0 Å². The molecule has 0 bridgehead atoms. The van der Waals surface area contributed by atoms with Crippen LogP contribution in [-0.4, -0.2) is 23.6 Å². The molecule has 0 spiro atoms. The second-order valence-corrected chi connectivity index (χ2v) is 5.54. The van der Waals surface area contributed by atoms with Crippen LogP contribution >= 0.6 is 15.9 Å². The Bertz CT molecular complexity index is 525.